The molecule has 5 rings (SSSR count). The summed E-state index contributed by atoms with van der Waals surface area (Å²) in [6, 6.07) is 0. The number of nitrogen functional groups attached to an aromatic ring is 1. The second-order valence-electron chi connectivity index (χ2n) is 7.55. The highest BCUT2D eigenvalue weighted by Gasteiger charge is 2.48. The summed E-state index contributed by atoms with van der Waals surface area (Å²) >= 11 is 0. The van der Waals surface area contributed by atoms with Crippen LogP contribution in [0.5, 0.6) is 0 Å². The minimum atomic E-state index is 0.864. The van der Waals surface area contributed by atoms with E-state index in [0.29, 0.717) is 0 Å². The summed E-state index contributed by atoms with van der Waals surface area (Å²) in [4.78, 5) is 4.65. The van der Waals surface area contributed by atoms with Gasteiger partial charge in [0.25, 0.3) is 0 Å². The maximum atomic E-state index is 6.32. The van der Waals surface area contributed by atoms with Crippen LogP contribution < -0.4 is 5.73 Å². The van der Waals surface area contributed by atoms with Crippen LogP contribution >= 0.6 is 0 Å². The van der Waals surface area contributed by atoms with Crippen LogP contribution in [-0.4, -0.2) is 9.55 Å². The lowest BCUT2D eigenvalue weighted by Crippen LogP contribution is -2.46. The maximum Gasteiger partial charge on any atom is 0.126 e. The van der Waals surface area contributed by atoms with Gasteiger partial charge in [0.2, 0.25) is 0 Å². The van der Waals surface area contributed by atoms with Gasteiger partial charge in [-0.1, -0.05) is 6.92 Å². The largest absolute Gasteiger partial charge is 0.384 e. The third-order valence-electron chi connectivity index (χ3n) is 6.42. The van der Waals surface area contributed by atoms with Crippen LogP contribution in [0, 0.1) is 36.5 Å². The standard InChI is InChI=1S/C17H27N3/c1-3-16-17(18)20(10(2)19-16)9-15-13-5-11-4-12(7-13)8-14(15)6-11/h11-15H,3-9,18H2,1-2H3. The summed E-state index contributed by atoms with van der Waals surface area (Å²) in [7, 11) is 0. The molecule has 1 aromatic heterocycles. The van der Waals surface area contributed by atoms with Crippen LogP contribution in [0.4, 0.5) is 5.82 Å². The summed E-state index contributed by atoms with van der Waals surface area (Å²) in [5, 5.41) is 0. The molecule has 4 bridgehead atoms. The Bertz CT molecular complexity index is 489. The summed E-state index contributed by atoms with van der Waals surface area (Å²) in [5.41, 5.74) is 7.41. The molecule has 4 saturated carbocycles. The number of hydrogen-bond donors (Lipinski definition) is 1. The molecule has 1 heterocycles. The van der Waals surface area contributed by atoms with E-state index in [1.807, 2.05) is 0 Å². The van der Waals surface area contributed by atoms with Gasteiger partial charge in [-0.05, 0) is 75.0 Å². The van der Waals surface area contributed by atoms with Crippen molar-refractivity contribution in [3.63, 3.8) is 0 Å². The first-order chi connectivity index (χ1) is 9.65. The van der Waals surface area contributed by atoms with Crippen molar-refractivity contribution in [2.75, 3.05) is 5.73 Å². The number of imidazole rings is 1. The van der Waals surface area contributed by atoms with Crippen molar-refractivity contribution in [1.29, 1.82) is 0 Å². The Balaban J connectivity index is 1.59. The van der Waals surface area contributed by atoms with E-state index in [2.05, 4.69) is 23.4 Å². The second-order valence-corrected chi connectivity index (χ2v) is 7.55. The van der Waals surface area contributed by atoms with Crippen LogP contribution in [0.25, 0.3) is 0 Å². The lowest BCUT2D eigenvalue weighted by atomic mass is 9.52. The molecule has 0 atom stereocenters. The molecule has 1 aromatic rings. The third-order valence-corrected chi connectivity index (χ3v) is 6.42. The monoisotopic (exact) mass is 273 g/mol. The first-order valence-electron chi connectivity index (χ1n) is 8.47. The van der Waals surface area contributed by atoms with Crippen molar-refractivity contribution >= 4 is 5.82 Å². The zero-order valence-electron chi connectivity index (χ0n) is 12.8. The minimum absolute atomic E-state index is 0.864. The third kappa shape index (κ3) is 1.82. The van der Waals surface area contributed by atoms with Crippen LogP contribution in [-0.2, 0) is 13.0 Å². The molecule has 4 aliphatic carbocycles. The molecule has 20 heavy (non-hydrogen) atoms. The van der Waals surface area contributed by atoms with E-state index in [4.69, 9.17) is 5.73 Å². The van der Waals surface area contributed by atoms with Gasteiger partial charge in [-0.2, -0.15) is 0 Å². The van der Waals surface area contributed by atoms with Crippen molar-refractivity contribution in [2.24, 2.45) is 29.6 Å². The van der Waals surface area contributed by atoms with Gasteiger partial charge in [-0.15, -0.1) is 0 Å². The summed E-state index contributed by atoms with van der Waals surface area (Å²) in [6.45, 7) is 5.39. The van der Waals surface area contributed by atoms with Gasteiger partial charge in [0, 0.05) is 6.54 Å². The molecule has 0 amide bonds. The molecule has 0 unspecified atom stereocenters. The van der Waals surface area contributed by atoms with Crippen molar-refractivity contribution in [1.82, 2.24) is 9.55 Å². The summed E-state index contributed by atoms with van der Waals surface area (Å²) in [5.74, 6) is 6.96. The minimum Gasteiger partial charge on any atom is -0.384 e. The average molecular weight is 273 g/mol. The fourth-order valence-electron chi connectivity index (χ4n) is 5.68. The molecule has 3 nitrogen and oxygen atoms in total. The smallest absolute Gasteiger partial charge is 0.126 e. The molecule has 0 radical (unpaired) electrons. The Hall–Kier alpha value is -0.990. The zero-order chi connectivity index (χ0) is 13.9. The Kier molecular flexibility index (Phi) is 2.87. The van der Waals surface area contributed by atoms with Crippen molar-refractivity contribution in [2.45, 2.75) is 58.9 Å². The van der Waals surface area contributed by atoms with Gasteiger partial charge in [-0.25, -0.2) is 4.98 Å². The highest BCUT2D eigenvalue weighted by atomic mass is 15.1. The zero-order valence-corrected chi connectivity index (χ0v) is 12.8. The van der Waals surface area contributed by atoms with Crippen molar-refractivity contribution in [3.8, 4) is 0 Å². The van der Waals surface area contributed by atoms with Gasteiger partial charge in [0.1, 0.15) is 11.6 Å². The predicted octanol–water partition coefficient (Wildman–Crippen LogP) is 3.41. The number of aryl methyl sites for hydroxylation is 2. The number of hydrogen-bond acceptors (Lipinski definition) is 2. The topological polar surface area (TPSA) is 43.8 Å². The number of anilines is 1. The fraction of sp³-hybridized carbons (Fsp3) is 0.824. The number of aromatic nitrogens is 2. The van der Waals surface area contributed by atoms with Crippen LogP contribution in [0.3, 0.4) is 0 Å². The van der Waals surface area contributed by atoms with E-state index in [1.165, 1.54) is 32.1 Å². The van der Waals surface area contributed by atoms with Gasteiger partial charge in [-0.3, -0.25) is 0 Å². The molecule has 0 aromatic carbocycles. The van der Waals surface area contributed by atoms with Crippen molar-refractivity contribution < 1.29 is 0 Å². The molecule has 2 N–H and O–H groups in total. The summed E-state index contributed by atoms with van der Waals surface area (Å²) < 4.78 is 2.31. The molecule has 4 aliphatic rings. The molecule has 0 aliphatic heterocycles. The van der Waals surface area contributed by atoms with Crippen LogP contribution in [0.1, 0.15) is 50.5 Å². The quantitative estimate of drug-likeness (QED) is 0.917. The van der Waals surface area contributed by atoms with Crippen LogP contribution in [0.2, 0.25) is 0 Å². The van der Waals surface area contributed by atoms with E-state index < -0.39 is 0 Å². The van der Waals surface area contributed by atoms with Gasteiger partial charge in [0.05, 0.1) is 5.69 Å². The molecule has 4 fully saturated rings. The number of nitrogens with two attached hydrogens (primary N) is 1. The Labute approximate surface area is 122 Å². The Morgan fingerprint density at radius 1 is 1.10 bits per heavy atom. The molecule has 0 saturated heterocycles. The van der Waals surface area contributed by atoms with E-state index in [9.17, 15) is 0 Å². The Morgan fingerprint density at radius 3 is 2.20 bits per heavy atom. The molecular formula is C17H27N3. The van der Waals surface area contributed by atoms with E-state index in [0.717, 1.165) is 59.9 Å². The highest BCUT2D eigenvalue weighted by molar-refractivity contribution is 5.38. The SMILES string of the molecule is CCc1nc(C)n(CC2C3CC4CC(C3)CC2C4)c1N. The summed E-state index contributed by atoms with van der Waals surface area (Å²) in [6.07, 6.45) is 8.45. The van der Waals surface area contributed by atoms with Gasteiger partial charge in [0.15, 0.2) is 0 Å². The fourth-order valence-corrected chi connectivity index (χ4v) is 5.68. The van der Waals surface area contributed by atoms with E-state index >= 15 is 0 Å². The average Bonchev–Trinajstić information content (AvgIpc) is 2.68. The highest BCUT2D eigenvalue weighted by Crippen LogP contribution is 2.57. The van der Waals surface area contributed by atoms with E-state index in [1.54, 1.807) is 0 Å². The second kappa shape index (κ2) is 4.51. The maximum absolute atomic E-state index is 6.32. The van der Waals surface area contributed by atoms with E-state index in [-0.39, 0.29) is 0 Å². The van der Waals surface area contributed by atoms with Crippen molar-refractivity contribution in [3.05, 3.63) is 11.5 Å². The normalized spacial score (nSPS) is 38.6. The van der Waals surface area contributed by atoms with Crippen LogP contribution in [0.15, 0.2) is 0 Å². The van der Waals surface area contributed by atoms with Gasteiger partial charge >= 0.3 is 0 Å². The Morgan fingerprint density at radius 2 is 1.70 bits per heavy atom. The molecule has 0 spiro atoms. The number of rotatable bonds is 3. The number of nitrogens with zero attached hydrogens (tertiary/aromatic N) is 2. The first-order valence-corrected chi connectivity index (χ1v) is 8.47. The predicted molar refractivity (Wildman–Crippen MR) is 81.3 cm³/mol. The molecule has 3 heteroatoms. The lowest BCUT2D eigenvalue weighted by Gasteiger charge is -2.54. The molecular weight excluding hydrogens is 246 g/mol. The molecule has 110 valence electrons. The first kappa shape index (κ1) is 12.7. The van der Waals surface area contributed by atoms with Gasteiger partial charge < -0.3 is 10.3 Å². The lowest BCUT2D eigenvalue weighted by molar-refractivity contribution is -0.0429.